The number of fused-ring (bicyclic) bond motifs is 1. The van der Waals surface area contributed by atoms with Crippen molar-refractivity contribution in [2.75, 3.05) is 5.32 Å². The second-order valence-electron chi connectivity index (χ2n) is 6.95. The number of esters is 1. The lowest BCUT2D eigenvalue weighted by molar-refractivity contribution is 0.0735. The van der Waals surface area contributed by atoms with Gasteiger partial charge in [0, 0.05) is 17.3 Å². The molecule has 0 fully saturated rings. The molecule has 0 saturated heterocycles. The van der Waals surface area contributed by atoms with Crippen LogP contribution in [0, 0.1) is 19.7 Å². The molecule has 0 atom stereocenters. The van der Waals surface area contributed by atoms with E-state index in [1.54, 1.807) is 62.4 Å². The van der Waals surface area contributed by atoms with Crippen LogP contribution in [0.4, 0.5) is 10.1 Å². The topological polar surface area (TPSA) is 81.2 Å². The number of ether oxygens (including phenoxy) is 1. The van der Waals surface area contributed by atoms with Crippen LogP contribution in [0.3, 0.4) is 0 Å². The first-order valence-corrected chi connectivity index (χ1v) is 9.54. The lowest BCUT2D eigenvalue weighted by atomic mass is 10.1. The van der Waals surface area contributed by atoms with E-state index in [9.17, 15) is 14.0 Å². The summed E-state index contributed by atoms with van der Waals surface area (Å²) in [5.41, 5.74) is 2.93. The Labute approximate surface area is 177 Å². The third-order valence-corrected chi connectivity index (χ3v) is 4.72. The van der Waals surface area contributed by atoms with Crippen LogP contribution in [0.1, 0.15) is 32.1 Å². The normalized spacial score (nSPS) is 10.7. The van der Waals surface area contributed by atoms with Crippen molar-refractivity contribution in [3.63, 3.8) is 0 Å². The third-order valence-electron chi connectivity index (χ3n) is 4.72. The minimum atomic E-state index is -0.747. The van der Waals surface area contributed by atoms with Crippen LogP contribution in [-0.4, -0.2) is 21.8 Å². The van der Waals surface area contributed by atoms with Crippen LogP contribution in [0.15, 0.2) is 66.7 Å². The first-order chi connectivity index (χ1) is 14.9. The summed E-state index contributed by atoms with van der Waals surface area (Å²) in [6.45, 7) is 3.53. The molecule has 1 amide bonds. The molecule has 1 aromatic heterocycles. The molecule has 154 valence electrons. The Morgan fingerprint density at radius 2 is 1.58 bits per heavy atom. The maximum absolute atomic E-state index is 14.0. The quantitative estimate of drug-likeness (QED) is 0.380. The van der Waals surface area contributed by atoms with Gasteiger partial charge in [0.05, 0.1) is 22.5 Å². The average Bonchev–Trinajstić information content (AvgIpc) is 2.76. The summed E-state index contributed by atoms with van der Waals surface area (Å²) >= 11 is 0. The van der Waals surface area contributed by atoms with Crippen molar-refractivity contribution >= 4 is 28.6 Å². The number of carbonyl (C=O) groups excluding carboxylic acids is 2. The number of halogens is 1. The lowest BCUT2D eigenvalue weighted by Gasteiger charge is -2.10. The summed E-state index contributed by atoms with van der Waals surface area (Å²) < 4.78 is 19.4. The summed E-state index contributed by atoms with van der Waals surface area (Å²) in [4.78, 5) is 33.6. The highest BCUT2D eigenvalue weighted by Gasteiger charge is 2.18. The molecule has 0 aliphatic carbocycles. The van der Waals surface area contributed by atoms with E-state index in [4.69, 9.17) is 4.74 Å². The van der Waals surface area contributed by atoms with E-state index < -0.39 is 11.8 Å². The number of aromatic nitrogens is 2. The molecule has 7 heteroatoms. The number of carbonyl (C=O) groups is 2. The van der Waals surface area contributed by atoms with E-state index in [1.165, 1.54) is 6.07 Å². The standard InChI is InChI=1S/C24H18FN3O3/c1-14-15(2)27-22-20(12-17(25)13-21(22)26-14)24(30)31-19-10-8-18(9-11-19)28-23(29)16-6-4-3-5-7-16/h3-13H,1-2H3,(H,28,29). The van der Waals surface area contributed by atoms with Gasteiger partial charge in [0.1, 0.15) is 17.1 Å². The number of rotatable bonds is 4. The van der Waals surface area contributed by atoms with Gasteiger partial charge < -0.3 is 10.1 Å². The highest BCUT2D eigenvalue weighted by atomic mass is 19.1. The van der Waals surface area contributed by atoms with E-state index in [1.807, 2.05) is 6.07 Å². The molecule has 1 N–H and O–H groups in total. The van der Waals surface area contributed by atoms with E-state index in [2.05, 4.69) is 15.3 Å². The second kappa shape index (κ2) is 8.31. The lowest BCUT2D eigenvalue weighted by Crippen LogP contribution is -2.12. The summed E-state index contributed by atoms with van der Waals surface area (Å²) in [6, 6.07) is 17.4. The summed E-state index contributed by atoms with van der Waals surface area (Å²) in [5, 5.41) is 2.77. The second-order valence-corrected chi connectivity index (χ2v) is 6.95. The molecule has 6 nitrogen and oxygen atoms in total. The van der Waals surface area contributed by atoms with Crippen molar-refractivity contribution in [2.45, 2.75) is 13.8 Å². The smallest absolute Gasteiger partial charge is 0.345 e. The summed E-state index contributed by atoms with van der Waals surface area (Å²) in [6.07, 6.45) is 0. The number of benzene rings is 3. The Hall–Kier alpha value is -4.13. The Morgan fingerprint density at radius 1 is 0.903 bits per heavy atom. The monoisotopic (exact) mass is 415 g/mol. The zero-order valence-electron chi connectivity index (χ0n) is 16.8. The Balaban J connectivity index is 1.53. The van der Waals surface area contributed by atoms with Crippen LogP contribution in [0.25, 0.3) is 11.0 Å². The van der Waals surface area contributed by atoms with Crippen molar-refractivity contribution < 1.29 is 18.7 Å². The Morgan fingerprint density at radius 3 is 2.29 bits per heavy atom. The molecule has 0 aliphatic rings. The van der Waals surface area contributed by atoms with E-state index in [-0.39, 0.29) is 28.3 Å². The van der Waals surface area contributed by atoms with E-state index in [0.29, 0.717) is 22.6 Å². The molecule has 3 aromatic carbocycles. The molecule has 4 rings (SSSR count). The van der Waals surface area contributed by atoms with E-state index >= 15 is 0 Å². The number of hydrogen-bond acceptors (Lipinski definition) is 5. The molecule has 1 heterocycles. The Kier molecular flexibility index (Phi) is 5.41. The minimum absolute atomic E-state index is 0.00735. The molecular weight excluding hydrogens is 397 g/mol. The summed E-state index contributed by atoms with van der Waals surface area (Å²) in [5.74, 6) is -1.35. The van der Waals surface area contributed by atoms with Crippen LogP contribution < -0.4 is 10.1 Å². The number of hydrogen-bond donors (Lipinski definition) is 1. The number of nitrogens with one attached hydrogen (secondary N) is 1. The van der Waals surface area contributed by atoms with Gasteiger partial charge in [-0.05, 0) is 56.3 Å². The van der Waals surface area contributed by atoms with Crippen molar-refractivity contribution in [1.82, 2.24) is 9.97 Å². The average molecular weight is 415 g/mol. The largest absolute Gasteiger partial charge is 0.423 e. The fraction of sp³-hybridized carbons (Fsp3) is 0.0833. The predicted octanol–water partition coefficient (Wildman–Crippen LogP) is 4.86. The molecule has 4 aromatic rings. The van der Waals surface area contributed by atoms with Gasteiger partial charge in [-0.15, -0.1) is 0 Å². The molecule has 0 unspecified atom stereocenters. The van der Waals surface area contributed by atoms with Gasteiger partial charge >= 0.3 is 5.97 Å². The van der Waals surface area contributed by atoms with Gasteiger partial charge in [-0.2, -0.15) is 0 Å². The van der Waals surface area contributed by atoms with Crippen LogP contribution in [0.2, 0.25) is 0 Å². The van der Waals surface area contributed by atoms with Crippen LogP contribution in [-0.2, 0) is 0 Å². The maximum Gasteiger partial charge on any atom is 0.345 e. The maximum atomic E-state index is 14.0. The zero-order valence-corrected chi connectivity index (χ0v) is 16.8. The first kappa shape index (κ1) is 20.2. The van der Waals surface area contributed by atoms with Crippen molar-refractivity contribution in [3.8, 4) is 5.75 Å². The molecular formula is C24H18FN3O3. The number of aryl methyl sites for hydroxylation is 2. The Bertz CT molecular complexity index is 1290. The molecule has 0 saturated carbocycles. The van der Waals surface area contributed by atoms with E-state index in [0.717, 1.165) is 6.07 Å². The van der Waals surface area contributed by atoms with Crippen molar-refractivity contribution in [1.29, 1.82) is 0 Å². The molecule has 31 heavy (non-hydrogen) atoms. The minimum Gasteiger partial charge on any atom is -0.423 e. The van der Waals surface area contributed by atoms with Gasteiger partial charge in [0.15, 0.2) is 0 Å². The predicted molar refractivity (Wildman–Crippen MR) is 115 cm³/mol. The van der Waals surface area contributed by atoms with Gasteiger partial charge in [0.2, 0.25) is 0 Å². The molecule has 0 bridgehead atoms. The van der Waals surface area contributed by atoms with Crippen molar-refractivity contribution in [3.05, 3.63) is 95.1 Å². The highest BCUT2D eigenvalue weighted by molar-refractivity contribution is 6.04. The van der Waals surface area contributed by atoms with Gasteiger partial charge in [0.25, 0.3) is 5.91 Å². The SMILES string of the molecule is Cc1nc2cc(F)cc(C(=O)Oc3ccc(NC(=O)c4ccccc4)cc3)c2nc1C. The number of nitrogens with zero attached hydrogens (tertiary/aromatic N) is 2. The highest BCUT2D eigenvalue weighted by Crippen LogP contribution is 2.22. The fourth-order valence-corrected chi connectivity index (χ4v) is 3.01. The van der Waals surface area contributed by atoms with Gasteiger partial charge in [-0.1, -0.05) is 18.2 Å². The number of anilines is 1. The zero-order chi connectivity index (χ0) is 22.0. The van der Waals surface area contributed by atoms with Crippen LogP contribution in [0.5, 0.6) is 5.75 Å². The third kappa shape index (κ3) is 4.40. The van der Waals surface area contributed by atoms with Gasteiger partial charge in [-0.25, -0.2) is 19.2 Å². The molecule has 0 radical (unpaired) electrons. The summed E-state index contributed by atoms with van der Waals surface area (Å²) in [7, 11) is 0. The fourth-order valence-electron chi connectivity index (χ4n) is 3.01. The number of amides is 1. The molecule has 0 spiro atoms. The van der Waals surface area contributed by atoms with Crippen LogP contribution >= 0.6 is 0 Å². The van der Waals surface area contributed by atoms with Crippen molar-refractivity contribution in [2.24, 2.45) is 0 Å². The molecule has 0 aliphatic heterocycles. The van der Waals surface area contributed by atoms with Gasteiger partial charge in [-0.3, -0.25) is 4.79 Å². The first-order valence-electron chi connectivity index (χ1n) is 9.54.